The molecule has 0 aliphatic carbocycles. The summed E-state index contributed by atoms with van der Waals surface area (Å²) in [6.45, 7) is 6.82. The Morgan fingerprint density at radius 2 is 2.30 bits per heavy atom. The van der Waals surface area contributed by atoms with Gasteiger partial charge in [-0.25, -0.2) is 9.78 Å². The van der Waals surface area contributed by atoms with Gasteiger partial charge in [-0.15, -0.1) is 11.3 Å². The van der Waals surface area contributed by atoms with Crippen LogP contribution in [-0.2, 0) is 4.74 Å². The van der Waals surface area contributed by atoms with E-state index in [1.165, 1.54) is 11.3 Å². The number of carbonyl (C=O) groups is 1. The Morgan fingerprint density at radius 1 is 1.48 bits per heavy atom. The highest BCUT2D eigenvalue weighted by atomic mass is 32.1. The molecule has 124 valence electrons. The minimum Gasteiger partial charge on any atom is -0.444 e. The molecule has 8 heteroatoms. The van der Waals surface area contributed by atoms with Crippen molar-refractivity contribution in [2.24, 2.45) is 0 Å². The molecule has 0 bridgehead atoms. The smallest absolute Gasteiger partial charge is 0.410 e. The minimum atomic E-state index is -0.494. The van der Waals surface area contributed by atoms with E-state index in [2.05, 4.69) is 15.1 Å². The Bertz CT molecular complexity index is 663. The fourth-order valence-corrected chi connectivity index (χ4v) is 3.03. The van der Waals surface area contributed by atoms with Gasteiger partial charge in [0.1, 0.15) is 11.3 Å². The second-order valence-corrected chi connectivity index (χ2v) is 7.31. The number of thiazole rings is 1. The van der Waals surface area contributed by atoms with Gasteiger partial charge in [-0.3, -0.25) is 0 Å². The molecule has 1 aliphatic heterocycles. The van der Waals surface area contributed by atoms with Crippen molar-refractivity contribution in [3.63, 3.8) is 0 Å². The van der Waals surface area contributed by atoms with Gasteiger partial charge in [0.25, 0.3) is 0 Å². The molecule has 1 atom stereocenters. The van der Waals surface area contributed by atoms with Crippen molar-refractivity contribution in [3.8, 4) is 11.5 Å². The highest BCUT2D eigenvalue weighted by Gasteiger charge is 2.31. The summed E-state index contributed by atoms with van der Waals surface area (Å²) in [6, 6.07) is 0. The van der Waals surface area contributed by atoms with Gasteiger partial charge >= 0.3 is 6.09 Å². The van der Waals surface area contributed by atoms with Gasteiger partial charge < -0.3 is 14.2 Å². The lowest BCUT2D eigenvalue weighted by Crippen LogP contribution is -2.42. The summed E-state index contributed by atoms with van der Waals surface area (Å²) in [5.74, 6) is 1.09. The summed E-state index contributed by atoms with van der Waals surface area (Å²) < 4.78 is 10.8. The molecule has 0 radical (unpaired) electrons. The predicted molar refractivity (Wildman–Crippen MR) is 85.2 cm³/mol. The van der Waals surface area contributed by atoms with E-state index in [-0.39, 0.29) is 12.0 Å². The summed E-state index contributed by atoms with van der Waals surface area (Å²) in [5, 5.41) is 5.86. The minimum absolute atomic E-state index is 0.0381. The average molecular weight is 336 g/mol. The van der Waals surface area contributed by atoms with Gasteiger partial charge in [-0.05, 0) is 33.6 Å². The summed E-state index contributed by atoms with van der Waals surface area (Å²) in [5.41, 5.74) is 1.95. The van der Waals surface area contributed by atoms with E-state index < -0.39 is 5.60 Å². The molecule has 0 aromatic carbocycles. The maximum Gasteiger partial charge on any atom is 0.410 e. The molecule has 1 unspecified atom stereocenters. The van der Waals surface area contributed by atoms with Crippen LogP contribution in [0.15, 0.2) is 15.4 Å². The number of hydrogen-bond acceptors (Lipinski definition) is 7. The zero-order valence-corrected chi connectivity index (χ0v) is 14.3. The summed E-state index contributed by atoms with van der Waals surface area (Å²) >= 11 is 1.49. The molecule has 3 rings (SSSR count). The van der Waals surface area contributed by atoms with E-state index in [0.29, 0.717) is 30.5 Å². The highest BCUT2D eigenvalue weighted by Crippen LogP contribution is 2.28. The summed E-state index contributed by atoms with van der Waals surface area (Å²) in [6.07, 6.45) is 1.51. The number of piperidine rings is 1. The lowest BCUT2D eigenvalue weighted by molar-refractivity contribution is 0.0189. The number of likely N-dealkylation sites (tertiary alicyclic amines) is 1. The number of aromatic nitrogens is 3. The molecule has 0 spiro atoms. The van der Waals surface area contributed by atoms with Crippen LogP contribution in [0.3, 0.4) is 0 Å². The van der Waals surface area contributed by atoms with Crippen molar-refractivity contribution >= 4 is 17.4 Å². The molecule has 23 heavy (non-hydrogen) atoms. The summed E-state index contributed by atoms with van der Waals surface area (Å²) in [4.78, 5) is 22.5. The van der Waals surface area contributed by atoms with Gasteiger partial charge in [0, 0.05) is 18.5 Å². The standard InChI is InChI=1S/C15H20N4O3S/c1-15(2,3)21-14(20)19-6-4-5-10(7-19)13-17-12(18-22-13)11-8-23-9-16-11/h8-10H,4-7H2,1-3H3. The van der Waals surface area contributed by atoms with Crippen molar-refractivity contribution in [3.05, 3.63) is 16.8 Å². The molecule has 1 saturated heterocycles. The van der Waals surface area contributed by atoms with Gasteiger partial charge in [0.05, 0.1) is 11.4 Å². The SMILES string of the molecule is CC(C)(C)OC(=O)N1CCCC(c2nc(-c3cscn3)no2)C1. The van der Waals surface area contributed by atoms with Gasteiger partial charge in [0.15, 0.2) is 0 Å². The molecule has 3 heterocycles. The number of hydrogen-bond donors (Lipinski definition) is 0. The van der Waals surface area contributed by atoms with Crippen LogP contribution in [0.2, 0.25) is 0 Å². The van der Waals surface area contributed by atoms with Crippen LogP contribution in [0, 0.1) is 0 Å². The first kappa shape index (κ1) is 15.9. The van der Waals surface area contributed by atoms with Crippen LogP contribution >= 0.6 is 11.3 Å². The van der Waals surface area contributed by atoms with E-state index in [1.54, 1.807) is 10.4 Å². The summed E-state index contributed by atoms with van der Waals surface area (Å²) in [7, 11) is 0. The number of nitrogens with zero attached hydrogens (tertiary/aromatic N) is 4. The van der Waals surface area contributed by atoms with Crippen molar-refractivity contribution in [2.45, 2.75) is 45.1 Å². The van der Waals surface area contributed by atoms with Crippen molar-refractivity contribution in [1.29, 1.82) is 0 Å². The lowest BCUT2D eigenvalue weighted by Gasteiger charge is -2.32. The number of amides is 1. The number of carbonyl (C=O) groups excluding carboxylic acids is 1. The molecule has 0 saturated carbocycles. The molecular formula is C15H20N4O3S. The van der Waals surface area contributed by atoms with Crippen molar-refractivity contribution in [1.82, 2.24) is 20.0 Å². The Morgan fingerprint density at radius 3 is 3.00 bits per heavy atom. The Hall–Kier alpha value is -1.96. The number of ether oxygens (including phenoxy) is 1. The van der Waals surface area contributed by atoms with Crippen LogP contribution in [0.4, 0.5) is 4.79 Å². The average Bonchev–Trinajstić information content (AvgIpc) is 3.17. The third-order valence-electron chi connectivity index (χ3n) is 3.53. The predicted octanol–water partition coefficient (Wildman–Crippen LogP) is 3.31. The quantitative estimate of drug-likeness (QED) is 0.837. The fourth-order valence-electron chi connectivity index (χ4n) is 2.50. The normalized spacial score (nSPS) is 18.9. The lowest BCUT2D eigenvalue weighted by atomic mass is 9.98. The fraction of sp³-hybridized carbons (Fsp3) is 0.600. The first-order valence-electron chi connectivity index (χ1n) is 7.62. The van der Waals surface area contributed by atoms with Crippen LogP contribution < -0.4 is 0 Å². The highest BCUT2D eigenvalue weighted by molar-refractivity contribution is 7.07. The molecule has 0 N–H and O–H groups in total. The number of rotatable bonds is 2. The van der Waals surface area contributed by atoms with Crippen LogP contribution in [0.25, 0.3) is 11.5 Å². The van der Waals surface area contributed by atoms with Gasteiger partial charge in [-0.2, -0.15) is 4.98 Å². The zero-order chi connectivity index (χ0) is 16.4. The monoisotopic (exact) mass is 336 g/mol. The molecule has 1 fully saturated rings. The van der Waals surface area contributed by atoms with E-state index in [1.807, 2.05) is 26.2 Å². The first-order valence-corrected chi connectivity index (χ1v) is 8.57. The Kier molecular flexibility index (Phi) is 4.34. The Balaban J connectivity index is 1.68. The molecule has 1 amide bonds. The van der Waals surface area contributed by atoms with Crippen LogP contribution in [0.1, 0.15) is 45.4 Å². The largest absolute Gasteiger partial charge is 0.444 e. The molecule has 2 aromatic heterocycles. The Labute approximate surface area is 138 Å². The van der Waals surface area contributed by atoms with E-state index in [9.17, 15) is 4.79 Å². The molecule has 7 nitrogen and oxygen atoms in total. The molecule has 1 aliphatic rings. The first-order chi connectivity index (χ1) is 10.9. The van der Waals surface area contributed by atoms with E-state index in [4.69, 9.17) is 9.26 Å². The van der Waals surface area contributed by atoms with Gasteiger partial charge in [-0.1, -0.05) is 5.16 Å². The topological polar surface area (TPSA) is 81.4 Å². The zero-order valence-electron chi connectivity index (χ0n) is 13.5. The maximum atomic E-state index is 12.2. The van der Waals surface area contributed by atoms with Crippen LogP contribution in [0.5, 0.6) is 0 Å². The second kappa shape index (κ2) is 6.27. The van der Waals surface area contributed by atoms with E-state index >= 15 is 0 Å². The molecular weight excluding hydrogens is 316 g/mol. The maximum absolute atomic E-state index is 12.2. The third kappa shape index (κ3) is 3.87. The second-order valence-electron chi connectivity index (χ2n) is 6.60. The van der Waals surface area contributed by atoms with Gasteiger partial charge in [0.2, 0.25) is 11.7 Å². The molecule has 2 aromatic rings. The van der Waals surface area contributed by atoms with Crippen molar-refractivity contribution < 1.29 is 14.1 Å². The van der Waals surface area contributed by atoms with Crippen molar-refractivity contribution in [2.75, 3.05) is 13.1 Å². The van der Waals surface area contributed by atoms with Crippen LogP contribution in [-0.4, -0.2) is 44.8 Å². The third-order valence-corrected chi connectivity index (χ3v) is 4.11. The van der Waals surface area contributed by atoms with E-state index in [0.717, 1.165) is 12.8 Å².